The topological polar surface area (TPSA) is 17.1 Å². The van der Waals surface area contributed by atoms with E-state index in [4.69, 9.17) is 0 Å². The molecule has 1 aliphatic rings. The average Bonchev–Trinajstić information content (AvgIpc) is 2.92. The summed E-state index contributed by atoms with van der Waals surface area (Å²) < 4.78 is 0. The number of benzene rings is 1. The lowest BCUT2D eigenvalue weighted by Crippen LogP contribution is -2.13. The van der Waals surface area contributed by atoms with E-state index in [9.17, 15) is 4.79 Å². The molecular formula is C40H48O. The van der Waals surface area contributed by atoms with Crippen LogP contribution >= 0.6 is 0 Å². The van der Waals surface area contributed by atoms with Gasteiger partial charge in [0.25, 0.3) is 0 Å². The van der Waals surface area contributed by atoms with Gasteiger partial charge in [-0.25, -0.2) is 0 Å². The Morgan fingerprint density at radius 1 is 0.634 bits per heavy atom. The van der Waals surface area contributed by atoms with Crippen LogP contribution in [-0.4, -0.2) is 5.78 Å². The van der Waals surface area contributed by atoms with Gasteiger partial charge in [-0.3, -0.25) is 4.79 Å². The van der Waals surface area contributed by atoms with Gasteiger partial charge in [0, 0.05) is 11.5 Å². The molecule has 1 aliphatic carbocycles. The second kappa shape index (κ2) is 16.3. The van der Waals surface area contributed by atoms with E-state index in [0.29, 0.717) is 0 Å². The largest absolute Gasteiger partial charge is 0.290 e. The number of hydrogen-bond donors (Lipinski definition) is 0. The first-order chi connectivity index (χ1) is 19.4. The molecule has 0 heterocycles. The smallest absolute Gasteiger partial charge is 0.181 e. The van der Waals surface area contributed by atoms with Gasteiger partial charge in [-0.05, 0) is 96.2 Å². The van der Waals surface area contributed by atoms with E-state index in [1.165, 1.54) is 39.0 Å². The molecule has 0 aromatic heterocycles. The van der Waals surface area contributed by atoms with E-state index in [1.54, 1.807) is 6.08 Å². The number of ketones is 1. The van der Waals surface area contributed by atoms with Gasteiger partial charge in [-0.1, -0.05) is 132 Å². The first-order valence-corrected chi connectivity index (χ1v) is 14.5. The highest BCUT2D eigenvalue weighted by atomic mass is 16.1. The van der Waals surface area contributed by atoms with Gasteiger partial charge in [0.1, 0.15) is 0 Å². The molecule has 214 valence electrons. The molecule has 1 aromatic carbocycles. The number of carbonyl (C=O) groups excluding carboxylic acids is 1. The van der Waals surface area contributed by atoms with Crippen molar-refractivity contribution < 1.29 is 4.79 Å². The zero-order chi connectivity index (χ0) is 30.5. The van der Waals surface area contributed by atoms with Crippen LogP contribution in [0.1, 0.15) is 70.7 Å². The summed E-state index contributed by atoms with van der Waals surface area (Å²) in [5, 5.41) is 0. The molecule has 0 saturated heterocycles. The van der Waals surface area contributed by atoms with Gasteiger partial charge >= 0.3 is 0 Å². The highest BCUT2D eigenvalue weighted by molar-refractivity contribution is 6.06. The van der Waals surface area contributed by atoms with E-state index in [2.05, 4.69) is 153 Å². The van der Waals surface area contributed by atoms with Crippen LogP contribution in [0.15, 0.2) is 136 Å². The summed E-state index contributed by atoms with van der Waals surface area (Å²) in [4.78, 5) is 12.1. The number of hydrogen-bond acceptors (Lipinski definition) is 1. The van der Waals surface area contributed by atoms with Gasteiger partial charge in [0.15, 0.2) is 5.78 Å². The minimum atomic E-state index is 0.121. The van der Waals surface area contributed by atoms with Gasteiger partial charge in [-0.2, -0.15) is 0 Å². The van der Waals surface area contributed by atoms with Crippen molar-refractivity contribution in [2.75, 3.05) is 0 Å². The second-order valence-electron chi connectivity index (χ2n) is 11.2. The highest BCUT2D eigenvalue weighted by Crippen LogP contribution is 2.29. The van der Waals surface area contributed by atoms with E-state index in [0.717, 1.165) is 22.3 Å². The van der Waals surface area contributed by atoms with Crippen LogP contribution < -0.4 is 0 Å². The zero-order valence-electron chi connectivity index (χ0n) is 26.8. The lowest BCUT2D eigenvalue weighted by Gasteiger charge is -2.21. The zero-order valence-corrected chi connectivity index (χ0v) is 26.8. The van der Waals surface area contributed by atoms with Crippen LogP contribution in [0.5, 0.6) is 0 Å². The van der Waals surface area contributed by atoms with Gasteiger partial charge in [0.2, 0.25) is 0 Å². The monoisotopic (exact) mass is 544 g/mol. The molecule has 41 heavy (non-hydrogen) atoms. The van der Waals surface area contributed by atoms with E-state index in [1.807, 2.05) is 13.8 Å². The Balaban J connectivity index is 1.91. The fourth-order valence-corrected chi connectivity index (χ4v) is 4.43. The third kappa shape index (κ3) is 10.8. The fourth-order valence-electron chi connectivity index (χ4n) is 4.43. The predicted molar refractivity (Wildman–Crippen MR) is 182 cm³/mol. The Labute approximate surface area is 249 Å². The Kier molecular flexibility index (Phi) is 13.2. The van der Waals surface area contributed by atoms with Crippen molar-refractivity contribution in [3.8, 4) is 0 Å². The molecule has 0 fully saturated rings. The minimum absolute atomic E-state index is 0.121. The molecule has 1 atom stereocenters. The number of aryl methyl sites for hydroxylation is 2. The molecular weight excluding hydrogens is 496 g/mol. The molecule has 1 unspecified atom stereocenters. The van der Waals surface area contributed by atoms with E-state index in [-0.39, 0.29) is 11.7 Å². The molecule has 0 amide bonds. The van der Waals surface area contributed by atoms with Crippen molar-refractivity contribution in [3.05, 3.63) is 158 Å². The molecule has 0 bridgehead atoms. The third-order valence-corrected chi connectivity index (χ3v) is 7.62. The van der Waals surface area contributed by atoms with Crippen molar-refractivity contribution in [2.24, 2.45) is 5.92 Å². The summed E-state index contributed by atoms with van der Waals surface area (Å²) >= 11 is 0. The maximum absolute atomic E-state index is 12.1. The van der Waals surface area contributed by atoms with Crippen molar-refractivity contribution in [2.45, 2.75) is 69.2 Å². The first kappa shape index (κ1) is 33.2. The van der Waals surface area contributed by atoms with Crippen molar-refractivity contribution in [1.29, 1.82) is 0 Å². The second-order valence-corrected chi connectivity index (χ2v) is 11.2. The standard InChI is InChI=1S/C40H48O/c1-28(17-13-19-30(3)21-25-38-33(6)24-23-32(5)35(38)8)15-11-12-16-29(2)18-14-20-31(4)22-26-39-36(9)34(7)27-40(41)37(39)10/h11-27,36H,1-10H3/b12-11+,17-13+,18-14+,25-21+,26-22+,28-15+,29-16+,30-19+,31-20+. The van der Waals surface area contributed by atoms with Crippen molar-refractivity contribution in [3.63, 3.8) is 0 Å². The fraction of sp³-hybridized carbons (Fsp3) is 0.275. The average molecular weight is 545 g/mol. The molecule has 2 rings (SSSR count). The molecule has 1 aromatic rings. The molecule has 0 radical (unpaired) electrons. The first-order valence-electron chi connectivity index (χ1n) is 14.5. The summed E-state index contributed by atoms with van der Waals surface area (Å²) in [6.07, 6.45) is 31.3. The van der Waals surface area contributed by atoms with Gasteiger partial charge in [-0.15, -0.1) is 0 Å². The summed E-state index contributed by atoms with van der Waals surface area (Å²) in [5.74, 6) is 0.397. The SMILES string of the molecule is CC1=CC(=O)C(C)=C(/C=C/C(C)=C/C=C/C(C)=C/C=C/C=C(C)/C=C/C=C(C)/C=C/c2c(C)ccc(C)c2C)C1C. The Bertz CT molecular complexity index is 1460. The molecule has 1 nitrogen and oxygen atoms in total. The normalized spacial score (nSPS) is 18.4. The highest BCUT2D eigenvalue weighted by Gasteiger charge is 2.20. The maximum atomic E-state index is 12.1. The predicted octanol–water partition coefficient (Wildman–Crippen LogP) is 11.1. The summed E-state index contributed by atoms with van der Waals surface area (Å²) in [7, 11) is 0. The number of allylic oxidation sites excluding steroid dienone is 21. The number of rotatable bonds is 10. The van der Waals surface area contributed by atoms with E-state index >= 15 is 0 Å². The van der Waals surface area contributed by atoms with Gasteiger partial charge in [0.05, 0.1) is 0 Å². The molecule has 0 saturated carbocycles. The van der Waals surface area contributed by atoms with Crippen LogP contribution in [0.3, 0.4) is 0 Å². The van der Waals surface area contributed by atoms with Crippen molar-refractivity contribution in [1.82, 2.24) is 0 Å². The molecule has 0 spiro atoms. The molecule has 0 N–H and O–H groups in total. The summed E-state index contributed by atoms with van der Waals surface area (Å²) in [5.41, 5.74) is 13.1. The lowest BCUT2D eigenvalue weighted by molar-refractivity contribution is -0.111. The van der Waals surface area contributed by atoms with Crippen molar-refractivity contribution >= 4 is 11.9 Å². The van der Waals surface area contributed by atoms with E-state index < -0.39 is 0 Å². The Morgan fingerprint density at radius 2 is 1.10 bits per heavy atom. The Hall–Kier alpha value is -3.97. The quantitative estimate of drug-likeness (QED) is 0.268. The Morgan fingerprint density at radius 3 is 1.66 bits per heavy atom. The summed E-state index contributed by atoms with van der Waals surface area (Å²) in [6.45, 7) is 21.0. The van der Waals surface area contributed by atoms with Crippen LogP contribution in [0.25, 0.3) is 6.08 Å². The van der Waals surface area contributed by atoms with Crippen LogP contribution in [-0.2, 0) is 4.79 Å². The van der Waals surface area contributed by atoms with Crippen LogP contribution in [0.4, 0.5) is 0 Å². The van der Waals surface area contributed by atoms with Crippen LogP contribution in [0, 0.1) is 26.7 Å². The van der Waals surface area contributed by atoms with Crippen LogP contribution in [0.2, 0.25) is 0 Å². The minimum Gasteiger partial charge on any atom is -0.290 e. The maximum Gasteiger partial charge on any atom is 0.181 e. The molecule has 1 heteroatoms. The lowest BCUT2D eigenvalue weighted by atomic mass is 9.83. The molecule has 0 aliphatic heterocycles. The third-order valence-electron chi connectivity index (χ3n) is 7.62. The number of carbonyl (C=O) groups is 1. The van der Waals surface area contributed by atoms with Gasteiger partial charge < -0.3 is 0 Å². The summed E-state index contributed by atoms with van der Waals surface area (Å²) in [6, 6.07) is 4.37.